The molecule has 1 aliphatic rings. The molecule has 0 atom stereocenters. The predicted molar refractivity (Wildman–Crippen MR) is 125 cm³/mol. The van der Waals surface area contributed by atoms with E-state index >= 15 is 0 Å². The summed E-state index contributed by atoms with van der Waals surface area (Å²) in [4.78, 5) is 34.8. The first-order valence-corrected chi connectivity index (χ1v) is 11.0. The molecule has 0 spiro atoms. The van der Waals surface area contributed by atoms with Gasteiger partial charge in [0.15, 0.2) is 5.76 Å². The van der Waals surface area contributed by atoms with Crippen LogP contribution in [0.2, 0.25) is 5.02 Å². The summed E-state index contributed by atoms with van der Waals surface area (Å²) in [6, 6.07) is 9.24. The minimum Gasteiger partial charge on any atom is -0.473 e. The highest BCUT2D eigenvalue weighted by atomic mass is 35.5. The lowest BCUT2D eigenvalue weighted by atomic mass is 10.2. The number of amides is 1. The molecule has 0 unspecified atom stereocenters. The number of furan rings is 1. The number of benzene rings is 1. The van der Waals surface area contributed by atoms with Crippen molar-refractivity contribution in [1.29, 1.82) is 0 Å². The maximum atomic E-state index is 11.7. The Morgan fingerprint density at radius 1 is 1.03 bits per heavy atom. The van der Waals surface area contributed by atoms with Gasteiger partial charge in [-0.05, 0) is 49.7 Å². The lowest BCUT2D eigenvalue weighted by Crippen LogP contribution is -2.46. The maximum Gasteiger partial charge on any atom is 0.414 e. The number of carboxylic acid groups (broad SMARTS) is 2. The number of piperazine rings is 1. The van der Waals surface area contributed by atoms with Crippen molar-refractivity contribution in [3.8, 4) is 0 Å². The molecule has 0 aliphatic carbocycles. The van der Waals surface area contributed by atoms with Gasteiger partial charge in [-0.15, -0.1) is 0 Å². The first-order valence-electron chi connectivity index (χ1n) is 10.6. The van der Waals surface area contributed by atoms with Gasteiger partial charge in [0.1, 0.15) is 0 Å². The van der Waals surface area contributed by atoms with Crippen LogP contribution in [-0.4, -0.2) is 72.2 Å². The van der Waals surface area contributed by atoms with Crippen LogP contribution in [0.3, 0.4) is 0 Å². The number of hydrogen-bond donors (Lipinski definition) is 4. The number of nitrogens with zero attached hydrogens (tertiary/aromatic N) is 2. The summed E-state index contributed by atoms with van der Waals surface area (Å²) in [6.07, 6.45) is 4.74. The molecule has 0 saturated carbocycles. The first-order chi connectivity index (χ1) is 15.8. The zero-order chi connectivity index (χ0) is 24.2. The molecule has 10 nitrogen and oxygen atoms in total. The number of anilines is 2. The molecule has 1 amide bonds. The molecule has 1 fully saturated rings. The second kappa shape index (κ2) is 13.3. The minimum atomic E-state index is -1.82. The molecular weight excluding hydrogens is 452 g/mol. The largest absolute Gasteiger partial charge is 0.473 e. The number of unbranched alkanes of at least 4 members (excludes halogenated alkanes) is 2. The van der Waals surface area contributed by atoms with E-state index in [2.05, 4.69) is 15.1 Å². The quantitative estimate of drug-likeness (QED) is 0.253. The third kappa shape index (κ3) is 9.03. The van der Waals surface area contributed by atoms with Gasteiger partial charge in [0.05, 0.1) is 17.0 Å². The molecule has 0 radical (unpaired) electrons. The van der Waals surface area contributed by atoms with Gasteiger partial charge in [-0.2, -0.15) is 0 Å². The molecule has 1 aromatic heterocycles. The van der Waals surface area contributed by atoms with Crippen molar-refractivity contribution in [1.82, 2.24) is 10.2 Å². The van der Waals surface area contributed by atoms with Gasteiger partial charge in [-0.3, -0.25) is 9.69 Å². The summed E-state index contributed by atoms with van der Waals surface area (Å²) in [6.45, 7) is 5.89. The number of carboxylic acids is 2. The summed E-state index contributed by atoms with van der Waals surface area (Å²) in [5.41, 5.74) is 7.68. The summed E-state index contributed by atoms with van der Waals surface area (Å²) >= 11 is 6.00. The number of carbonyl (C=O) groups excluding carboxylic acids is 1. The fraction of sp³-hybridized carbons (Fsp3) is 0.409. The highest BCUT2D eigenvalue weighted by molar-refractivity contribution is 6.33. The summed E-state index contributed by atoms with van der Waals surface area (Å²) in [5.74, 6) is -3.42. The first kappa shape index (κ1) is 26.0. The highest BCUT2D eigenvalue weighted by Crippen LogP contribution is 2.25. The number of nitrogens with one attached hydrogen (secondary N) is 1. The summed E-state index contributed by atoms with van der Waals surface area (Å²) < 4.78 is 5.07. The Bertz CT molecular complexity index is 902. The number of rotatable bonds is 8. The van der Waals surface area contributed by atoms with E-state index in [1.54, 1.807) is 12.1 Å². The number of nitrogen functional groups attached to an aromatic ring is 1. The molecule has 5 N–H and O–H groups in total. The van der Waals surface area contributed by atoms with Gasteiger partial charge in [-0.1, -0.05) is 18.0 Å². The Morgan fingerprint density at radius 2 is 1.73 bits per heavy atom. The Morgan fingerprint density at radius 3 is 2.30 bits per heavy atom. The molecule has 2 aromatic rings. The molecule has 11 heteroatoms. The van der Waals surface area contributed by atoms with E-state index in [-0.39, 0.29) is 5.91 Å². The van der Waals surface area contributed by atoms with E-state index in [9.17, 15) is 4.79 Å². The lowest BCUT2D eigenvalue weighted by molar-refractivity contribution is -0.159. The molecule has 33 heavy (non-hydrogen) atoms. The van der Waals surface area contributed by atoms with Crippen LogP contribution in [0, 0.1) is 0 Å². The molecular formula is C22H29ClN4O6. The highest BCUT2D eigenvalue weighted by Gasteiger charge is 2.17. The molecule has 1 saturated heterocycles. The maximum absolute atomic E-state index is 11.7. The Hall–Kier alpha value is -3.24. The normalized spacial score (nSPS) is 13.7. The average molecular weight is 481 g/mol. The van der Waals surface area contributed by atoms with E-state index in [1.807, 2.05) is 18.2 Å². The van der Waals surface area contributed by atoms with Crippen LogP contribution in [0.5, 0.6) is 0 Å². The third-order valence-electron chi connectivity index (χ3n) is 5.08. The SMILES string of the molecule is Nc1cc(N2CCN(CCCCCNC(=O)c3ccco3)CC2)ccc1Cl.O=C(O)C(=O)O. The fourth-order valence-electron chi connectivity index (χ4n) is 3.29. The van der Waals surface area contributed by atoms with Crippen molar-refractivity contribution in [2.75, 3.05) is 49.9 Å². The van der Waals surface area contributed by atoms with Gasteiger partial charge in [-0.25, -0.2) is 9.59 Å². The number of aliphatic carboxylic acids is 2. The fourth-order valence-corrected chi connectivity index (χ4v) is 3.41. The Labute approximate surface area is 196 Å². The number of hydrogen-bond acceptors (Lipinski definition) is 7. The smallest absolute Gasteiger partial charge is 0.414 e. The van der Waals surface area contributed by atoms with Crippen molar-refractivity contribution in [2.24, 2.45) is 0 Å². The molecule has 2 heterocycles. The van der Waals surface area contributed by atoms with Crippen LogP contribution in [0.1, 0.15) is 29.8 Å². The molecule has 3 rings (SSSR count). The Kier molecular flexibility index (Phi) is 10.5. The molecule has 1 aliphatic heterocycles. The lowest BCUT2D eigenvalue weighted by Gasteiger charge is -2.36. The second-order valence-electron chi connectivity index (χ2n) is 7.44. The van der Waals surface area contributed by atoms with Crippen LogP contribution in [0.25, 0.3) is 0 Å². The van der Waals surface area contributed by atoms with Gasteiger partial charge in [0.2, 0.25) is 0 Å². The standard InChI is InChI=1S/C20H27ClN4O2.C2H2O4/c21-17-7-6-16(15-18(17)22)25-12-10-24(11-13-25)9-3-1-2-8-23-20(26)19-5-4-14-27-19;3-1(4)2(5)6/h4-7,14-15H,1-3,8-13,22H2,(H,23,26);(H,3,4)(H,5,6). The van der Waals surface area contributed by atoms with Gasteiger partial charge in [0, 0.05) is 38.4 Å². The van der Waals surface area contributed by atoms with Crippen LogP contribution in [0.15, 0.2) is 41.0 Å². The third-order valence-corrected chi connectivity index (χ3v) is 5.43. The molecule has 0 bridgehead atoms. The number of halogens is 1. The van der Waals surface area contributed by atoms with E-state index in [0.29, 0.717) is 23.0 Å². The molecule has 180 valence electrons. The second-order valence-corrected chi connectivity index (χ2v) is 7.85. The van der Waals surface area contributed by atoms with Crippen molar-refractivity contribution < 1.29 is 29.0 Å². The topological polar surface area (TPSA) is 149 Å². The monoisotopic (exact) mass is 480 g/mol. The predicted octanol–water partition coefficient (Wildman–Crippen LogP) is 2.39. The average Bonchev–Trinajstić information content (AvgIpc) is 3.34. The van der Waals surface area contributed by atoms with E-state index in [1.165, 1.54) is 6.26 Å². The number of carbonyl (C=O) groups is 3. The van der Waals surface area contributed by atoms with Crippen LogP contribution in [0.4, 0.5) is 11.4 Å². The van der Waals surface area contributed by atoms with E-state index in [0.717, 1.165) is 57.7 Å². The van der Waals surface area contributed by atoms with Gasteiger partial charge in [0.25, 0.3) is 5.91 Å². The zero-order valence-corrected chi connectivity index (χ0v) is 19.0. The van der Waals surface area contributed by atoms with Crippen LogP contribution in [-0.2, 0) is 9.59 Å². The minimum absolute atomic E-state index is 0.140. The van der Waals surface area contributed by atoms with Crippen LogP contribution < -0.4 is 16.0 Å². The zero-order valence-electron chi connectivity index (χ0n) is 18.2. The van der Waals surface area contributed by atoms with Crippen molar-refractivity contribution in [3.63, 3.8) is 0 Å². The van der Waals surface area contributed by atoms with Crippen molar-refractivity contribution >= 4 is 40.8 Å². The van der Waals surface area contributed by atoms with Crippen LogP contribution >= 0.6 is 11.6 Å². The Balaban J connectivity index is 0.000000569. The van der Waals surface area contributed by atoms with Crippen molar-refractivity contribution in [2.45, 2.75) is 19.3 Å². The summed E-state index contributed by atoms with van der Waals surface area (Å²) in [5, 5.41) is 18.3. The van der Waals surface area contributed by atoms with E-state index in [4.69, 9.17) is 41.6 Å². The van der Waals surface area contributed by atoms with E-state index < -0.39 is 11.9 Å². The van der Waals surface area contributed by atoms with Gasteiger partial charge < -0.3 is 30.6 Å². The number of nitrogens with two attached hydrogens (primary N) is 1. The van der Waals surface area contributed by atoms with Crippen molar-refractivity contribution in [3.05, 3.63) is 47.4 Å². The van der Waals surface area contributed by atoms with Gasteiger partial charge >= 0.3 is 11.9 Å². The summed E-state index contributed by atoms with van der Waals surface area (Å²) in [7, 11) is 0. The molecule has 1 aromatic carbocycles.